The summed E-state index contributed by atoms with van der Waals surface area (Å²) in [6.07, 6.45) is 2.85. The van der Waals surface area contributed by atoms with Crippen molar-refractivity contribution in [2.24, 2.45) is 0 Å². The van der Waals surface area contributed by atoms with Crippen LogP contribution >= 0.6 is 0 Å². The van der Waals surface area contributed by atoms with E-state index in [1.807, 2.05) is 27.7 Å². The molecule has 14 heavy (non-hydrogen) atoms. The van der Waals surface area contributed by atoms with Crippen LogP contribution in [0, 0.1) is 5.82 Å². The largest absolute Gasteiger partial charge is 0.238 e. The lowest BCUT2D eigenvalue weighted by Crippen LogP contribution is -2.17. The quantitative estimate of drug-likeness (QED) is 0.726. The van der Waals surface area contributed by atoms with E-state index in [-0.39, 0.29) is 11.2 Å². The molecule has 0 aliphatic heterocycles. The summed E-state index contributed by atoms with van der Waals surface area (Å²) >= 11 is 0. The SMILES string of the molecule is CCCc1nc(C(C)(C)C)ncc1F. The molecule has 0 saturated carbocycles. The van der Waals surface area contributed by atoms with Gasteiger partial charge in [0.1, 0.15) is 5.82 Å². The van der Waals surface area contributed by atoms with E-state index in [1.54, 1.807) is 0 Å². The molecule has 0 radical (unpaired) electrons. The molecule has 0 N–H and O–H groups in total. The Kier molecular flexibility index (Phi) is 3.19. The summed E-state index contributed by atoms with van der Waals surface area (Å²) < 4.78 is 13.2. The maximum Gasteiger partial charge on any atom is 0.162 e. The molecule has 1 aromatic heterocycles. The van der Waals surface area contributed by atoms with Crippen molar-refractivity contribution in [2.45, 2.75) is 46.0 Å². The van der Waals surface area contributed by atoms with Gasteiger partial charge in [0.2, 0.25) is 0 Å². The van der Waals surface area contributed by atoms with Crippen LogP contribution in [0.4, 0.5) is 4.39 Å². The second-order valence-corrected chi connectivity index (χ2v) is 4.49. The summed E-state index contributed by atoms with van der Waals surface area (Å²) in [6, 6.07) is 0. The third-order valence-corrected chi connectivity index (χ3v) is 1.97. The van der Waals surface area contributed by atoms with Crippen LogP contribution in [0.1, 0.15) is 45.6 Å². The molecule has 1 aromatic rings. The van der Waals surface area contributed by atoms with Gasteiger partial charge in [-0.25, -0.2) is 14.4 Å². The highest BCUT2D eigenvalue weighted by molar-refractivity contribution is 5.10. The summed E-state index contributed by atoms with van der Waals surface area (Å²) in [5.41, 5.74) is 0.420. The third-order valence-electron chi connectivity index (χ3n) is 1.97. The average Bonchev–Trinajstić information content (AvgIpc) is 2.07. The van der Waals surface area contributed by atoms with Crippen molar-refractivity contribution in [3.8, 4) is 0 Å². The topological polar surface area (TPSA) is 25.8 Å². The molecule has 0 saturated heterocycles. The maximum atomic E-state index is 13.2. The first-order valence-electron chi connectivity index (χ1n) is 4.97. The fourth-order valence-electron chi connectivity index (χ4n) is 1.18. The highest BCUT2D eigenvalue weighted by Crippen LogP contribution is 2.19. The van der Waals surface area contributed by atoms with Gasteiger partial charge in [-0.1, -0.05) is 34.1 Å². The molecule has 0 fully saturated rings. The number of halogens is 1. The predicted molar refractivity (Wildman–Crippen MR) is 54.7 cm³/mol. The van der Waals surface area contributed by atoms with Gasteiger partial charge in [-0.3, -0.25) is 0 Å². The van der Waals surface area contributed by atoms with Crippen molar-refractivity contribution in [1.29, 1.82) is 0 Å². The summed E-state index contributed by atoms with van der Waals surface area (Å²) in [5.74, 6) is 0.419. The Balaban J connectivity index is 3.06. The molecule has 0 unspecified atom stereocenters. The van der Waals surface area contributed by atoms with Gasteiger partial charge in [-0.2, -0.15) is 0 Å². The Labute approximate surface area is 84.6 Å². The molecule has 3 heteroatoms. The zero-order chi connectivity index (χ0) is 10.8. The molecule has 0 amide bonds. The van der Waals surface area contributed by atoms with E-state index in [4.69, 9.17) is 0 Å². The molecule has 0 atom stereocenters. The highest BCUT2D eigenvalue weighted by Gasteiger charge is 2.18. The van der Waals surface area contributed by atoms with Gasteiger partial charge in [0, 0.05) is 5.41 Å². The van der Waals surface area contributed by atoms with Crippen LogP contribution in [0.2, 0.25) is 0 Å². The van der Waals surface area contributed by atoms with E-state index in [2.05, 4.69) is 9.97 Å². The molecular weight excluding hydrogens is 179 g/mol. The van der Waals surface area contributed by atoms with Crippen molar-refractivity contribution in [3.63, 3.8) is 0 Å². The third kappa shape index (κ3) is 2.50. The lowest BCUT2D eigenvalue weighted by molar-refractivity contribution is 0.518. The lowest BCUT2D eigenvalue weighted by atomic mass is 9.95. The van der Waals surface area contributed by atoms with Crippen LogP contribution in [0.3, 0.4) is 0 Å². The lowest BCUT2D eigenvalue weighted by Gasteiger charge is -2.16. The van der Waals surface area contributed by atoms with Gasteiger partial charge >= 0.3 is 0 Å². The first-order valence-corrected chi connectivity index (χ1v) is 4.97. The van der Waals surface area contributed by atoms with Crippen molar-refractivity contribution < 1.29 is 4.39 Å². The number of aryl methyl sites for hydroxylation is 1. The van der Waals surface area contributed by atoms with Crippen LogP contribution in [-0.2, 0) is 11.8 Å². The van der Waals surface area contributed by atoms with Crippen LogP contribution < -0.4 is 0 Å². The van der Waals surface area contributed by atoms with Gasteiger partial charge in [0.25, 0.3) is 0 Å². The Morgan fingerprint density at radius 1 is 1.36 bits per heavy atom. The molecule has 1 heterocycles. The van der Waals surface area contributed by atoms with E-state index < -0.39 is 0 Å². The van der Waals surface area contributed by atoms with Gasteiger partial charge < -0.3 is 0 Å². The molecule has 78 valence electrons. The normalized spacial score (nSPS) is 11.8. The molecule has 0 spiro atoms. The van der Waals surface area contributed by atoms with E-state index in [0.29, 0.717) is 17.9 Å². The predicted octanol–water partition coefficient (Wildman–Crippen LogP) is 2.87. The summed E-state index contributed by atoms with van der Waals surface area (Å²) in [5, 5.41) is 0. The monoisotopic (exact) mass is 196 g/mol. The van der Waals surface area contributed by atoms with E-state index in [0.717, 1.165) is 6.42 Å². The van der Waals surface area contributed by atoms with E-state index >= 15 is 0 Å². The first-order chi connectivity index (χ1) is 6.45. The zero-order valence-electron chi connectivity index (χ0n) is 9.26. The molecule has 0 bridgehead atoms. The fourth-order valence-corrected chi connectivity index (χ4v) is 1.18. The smallest absolute Gasteiger partial charge is 0.162 e. The van der Waals surface area contributed by atoms with Gasteiger partial charge in [0.05, 0.1) is 11.9 Å². The second-order valence-electron chi connectivity index (χ2n) is 4.49. The minimum atomic E-state index is -0.292. The molecule has 2 nitrogen and oxygen atoms in total. The number of aromatic nitrogens is 2. The zero-order valence-corrected chi connectivity index (χ0v) is 9.26. The van der Waals surface area contributed by atoms with Crippen LogP contribution in [-0.4, -0.2) is 9.97 Å². The van der Waals surface area contributed by atoms with Crippen molar-refractivity contribution in [1.82, 2.24) is 9.97 Å². The molecular formula is C11H17FN2. The molecule has 0 aromatic carbocycles. The number of hydrogen-bond acceptors (Lipinski definition) is 2. The first kappa shape index (κ1) is 11.1. The Morgan fingerprint density at radius 3 is 2.50 bits per heavy atom. The minimum absolute atomic E-state index is 0.115. The Bertz CT molecular complexity index is 316. The maximum absolute atomic E-state index is 13.2. The van der Waals surface area contributed by atoms with Gasteiger partial charge in [-0.05, 0) is 6.42 Å². The summed E-state index contributed by atoms with van der Waals surface area (Å²) in [4.78, 5) is 8.25. The van der Waals surface area contributed by atoms with Gasteiger partial charge in [0.15, 0.2) is 5.82 Å². The van der Waals surface area contributed by atoms with E-state index in [9.17, 15) is 4.39 Å². The van der Waals surface area contributed by atoms with Crippen LogP contribution in [0.5, 0.6) is 0 Å². The van der Waals surface area contributed by atoms with Crippen molar-refractivity contribution >= 4 is 0 Å². The van der Waals surface area contributed by atoms with Crippen molar-refractivity contribution in [3.05, 3.63) is 23.5 Å². The van der Waals surface area contributed by atoms with Gasteiger partial charge in [-0.15, -0.1) is 0 Å². The second kappa shape index (κ2) is 4.03. The van der Waals surface area contributed by atoms with E-state index in [1.165, 1.54) is 6.20 Å². The van der Waals surface area contributed by atoms with Crippen molar-refractivity contribution in [2.75, 3.05) is 0 Å². The summed E-state index contributed by atoms with van der Waals surface area (Å²) in [7, 11) is 0. The van der Waals surface area contributed by atoms with Crippen LogP contribution in [0.15, 0.2) is 6.20 Å². The number of rotatable bonds is 2. The fraction of sp³-hybridized carbons (Fsp3) is 0.636. The molecule has 0 aliphatic carbocycles. The standard InChI is InChI=1S/C11H17FN2/c1-5-6-9-8(12)7-13-10(14-9)11(2,3)4/h7H,5-6H2,1-4H3. The van der Waals surface area contributed by atoms with Crippen LogP contribution in [0.25, 0.3) is 0 Å². The Morgan fingerprint density at radius 2 is 2.00 bits per heavy atom. The molecule has 1 rings (SSSR count). The number of nitrogens with zero attached hydrogens (tertiary/aromatic N) is 2. The Hall–Kier alpha value is -0.990. The minimum Gasteiger partial charge on any atom is -0.238 e. The summed E-state index contributed by atoms with van der Waals surface area (Å²) in [6.45, 7) is 8.08. The average molecular weight is 196 g/mol. The number of hydrogen-bond donors (Lipinski definition) is 0. The molecule has 0 aliphatic rings. The highest BCUT2D eigenvalue weighted by atomic mass is 19.1.